The fourth-order valence-corrected chi connectivity index (χ4v) is 6.61. The third-order valence-corrected chi connectivity index (χ3v) is 7.85. The first-order valence-electron chi connectivity index (χ1n) is 11.2. The lowest BCUT2D eigenvalue weighted by atomic mass is 9.49. The molecule has 1 aromatic rings. The summed E-state index contributed by atoms with van der Waals surface area (Å²) in [7, 11) is 0. The molecular weight excluding hydrogens is 400 g/mol. The molecule has 0 spiro atoms. The smallest absolute Gasteiger partial charge is 0.258 e. The molecule has 2 N–H and O–H groups in total. The van der Waals surface area contributed by atoms with Crippen molar-refractivity contribution in [2.45, 2.75) is 58.8 Å². The summed E-state index contributed by atoms with van der Waals surface area (Å²) < 4.78 is 5.56. The van der Waals surface area contributed by atoms with Gasteiger partial charge in [0.1, 0.15) is 5.75 Å². The first kappa shape index (κ1) is 21.5. The predicted octanol–water partition coefficient (Wildman–Crippen LogP) is 4.17. The van der Waals surface area contributed by atoms with Crippen LogP contribution in [0.15, 0.2) is 12.1 Å². The molecule has 0 heterocycles. The van der Waals surface area contributed by atoms with Crippen molar-refractivity contribution in [2.75, 3.05) is 19.7 Å². The van der Waals surface area contributed by atoms with Crippen molar-refractivity contribution in [1.82, 2.24) is 10.6 Å². The molecule has 4 fully saturated rings. The van der Waals surface area contributed by atoms with Gasteiger partial charge < -0.3 is 15.4 Å². The lowest BCUT2D eigenvalue weighted by molar-refractivity contribution is -0.129. The van der Waals surface area contributed by atoms with Crippen LogP contribution in [0.1, 0.15) is 56.1 Å². The minimum Gasteiger partial charge on any atom is -0.484 e. The van der Waals surface area contributed by atoms with Gasteiger partial charge in [0.15, 0.2) is 6.61 Å². The molecule has 4 aliphatic rings. The Bertz CT molecular complexity index is 764. The number of halogens is 1. The maximum Gasteiger partial charge on any atom is 0.258 e. The third-order valence-electron chi connectivity index (χ3n) is 7.25. The average molecular weight is 433 g/mol. The van der Waals surface area contributed by atoms with Crippen molar-refractivity contribution in [2.24, 2.45) is 23.2 Å². The number of nitrogens with one attached hydrogen (secondary N) is 2. The zero-order valence-electron chi connectivity index (χ0n) is 18.1. The van der Waals surface area contributed by atoms with Gasteiger partial charge in [-0.15, -0.1) is 0 Å². The quantitative estimate of drug-likeness (QED) is 0.605. The average Bonchev–Trinajstić information content (AvgIpc) is 2.66. The van der Waals surface area contributed by atoms with Crippen LogP contribution < -0.4 is 15.4 Å². The van der Waals surface area contributed by atoms with Gasteiger partial charge in [0.2, 0.25) is 5.91 Å². The van der Waals surface area contributed by atoms with Gasteiger partial charge in [-0.05, 0) is 98.8 Å². The van der Waals surface area contributed by atoms with E-state index < -0.39 is 0 Å². The van der Waals surface area contributed by atoms with E-state index in [1.807, 2.05) is 26.0 Å². The number of benzene rings is 1. The Morgan fingerprint density at radius 1 is 0.967 bits per heavy atom. The van der Waals surface area contributed by atoms with Crippen molar-refractivity contribution < 1.29 is 14.3 Å². The molecule has 4 bridgehead atoms. The summed E-state index contributed by atoms with van der Waals surface area (Å²) in [5, 5.41) is 6.52. The van der Waals surface area contributed by atoms with Gasteiger partial charge in [0.05, 0.1) is 0 Å². The Hall–Kier alpha value is -1.75. The number of amides is 2. The molecule has 0 unspecified atom stereocenters. The monoisotopic (exact) mass is 432 g/mol. The van der Waals surface area contributed by atoms with Crippen LogP contribution >= 0.6 is 11.6 Å². The van der Waals surface area contributed by atoms with Crippen molar-refractivity contribution >= 4 is 23.4 Å². The van der Waals surface area contributed by atoms with Crippen LogP contribution in [-0.4, -0.2) is 31.5 Å². The lowest BCUT2D eigenvalue weighted by Gasteiger charge is -2.56. The maximum absolute atomic E-state index is 12.5. The number of hydrogen-bond acceptors (Lipinski definition) is 3. The standard InChI is InChI=1S/C24H33ClN2O3/c1-15-5-20(6-16(2)23(15)25)30-14-22(29)27-4-3-26-21(28)13-24-10-17-7-18(11-24)9-19(8-17)12-24/h5-6,17-19H,3-4,7-14H2,1-2H3,(H,26,28)(H,27,29). The van der Waals surface area contributed by atoms with E-state index in [1.165, 1.54) is 38.5 Å². The molecule has 0 radical (unpaired) electrons. The van der Waals surface area contributed by atoms with E-state index in [2.05, 4.69) is 10.6 Å². The van der Waals surface area contributed by atoms with Crippen LogP contribution in [0.4, 0.5) is 0 Å². The van der Waals surface area contributed by atoms with Crippen LogP contribution in [0.25, 0.3) is 0 Å². The summed E-state index contributed by atoms with van der Waals surface area (Å²) in [6.07, 6.45) is 8.56. The van der Waals surface area contributed by atoms with E-state index in [0.29, 0.717) is 25.3 Å². The molecule has 0 aliphatic heterocycles. The van der Waals surface area contributed by atoms with Gasteiger partial charge >= 0.3 is 0 Å². The van der Waals surface area contributed by atoms with Gasteiger partial charge in [-0.3, -0.25) is 9.59 Å². The van der Waals surface area contributed by atoms with Gasteiger partial charge in [0, 0.05) is 24.5 Å². The van der Waals surface area contributed by atoms with E-state index in [-0.39, 0.29) is 23.8 Å². The van der Waals surface area contributed by atoms with E-state index in [0.717, 1.165) is 33.9 Å². The van der Waals surface area contributed by atoms with Gasteiger partial charge in [0.25, 0.3) is 5.91 Å². The molecule has 4 saturated carbocycles. The molecule has 5 rings (SSSR count). The summed E-state index contributed by atoms with van der Waals surface area (Å²) in [5.41, 5.74) is 2.10. The topological polar surface area (TPSA) is 67.4 Å². The second-order valence-corrected chi connectivity index (χ2v) is 10.3. The molecule has 6 heteroatoms. The summed E-state index contributed by atoms with van der Waals surface area (Å²) in [5.74, 6) is 3.14. The zero-order valence-corrected chi connectivity index (χ0v) is 18.8. The Kier molecular flexibility index (Phi) is 6.29. The van der Waals surface area contributed by atoms with Crippen LogP contribution in [0, 0.1) is 37.0 Å². The molecule has 4 aliphatic carbocycles. The number of hydrogen-bond donors (Lipinski definition) is 2. The van der Waals surface area contributed by atoms with Gasteiger partial charge in [-0.2, -0.15) is 0 Å². The number of ether oxygens (including phenoxy) is 1. The SMILES string of the molecule is Cc1cc(OCC(=O)NCCNC(=O)CC23CC4CC(CC(C4)C2)C3)cc(C)c1Cl. The second-order valence-electron chi connectivity index (χ2n) is 9.95. The normalized spacial score (nSPS) is 29.0. The molecule has 1 aromatic carbocycles. The van der Waals surface area contributed by atoms with Crippen molar-refractivity contribution in [1.29, 1.82) is 0 Å². The molecule has 5 nitrogen and oxygen atoms in total. The Balaban J connectivity index is 1.14. The van der Waals surface area contributed by atoms with Crippen molar-refractivity contribution in [3.63, 3.8) is 0 Å². The number of carbonyl (C=O) groups is 2. The highest BCUT2D eigenvalue weighted by Crippen LogP contribution is 2.61. The molecule has 30 heavy (non-hydrogen) atoms. The maximum atomic E-state index is 12.5. The largest absolute Gasteiger partial charge is 0.484 e. The van der Waals surface area contributed by atoms with E-state index in [1.54, 1.807) is 0 Å². The zero-order chi connectivity index (χ0) is 21.3. The Morgan fingerprint density at radius 2 is 1.47 bits per heavy atom. The first-order chi connectivity index (χ1) is 14.3. The first-order valence-corrected chi connectivity index (χ1v) is 11.6. The van der Waals surface area contributed by atoms with E-state index in [9.17, 15) is 9.59 Å². The van der Waals surface area contributed by atoms with E-state index >= 15 is 0 Å². The molecule has 0 saturated heterocycles. The highest BCUT2D eigenvalue weighted by atomic mass is 35.5. The Labute approximate surface area is 184 Å². The number of rotatable bonds is 8. The Morgan fingerprint density at radius 3 is 2.00 bits per heavy atom. The van der Waals surface area contributed by atoms with Gasteiger partial charge in [-0.1, -0.05) is 11.6 Å². The molecule has 0 aromatic heterocycles. The lowest BCUT2D eigenvalue weighted by Crippen LogP contribution is -2.48. The van der Waals surface area contributed by atoms with Crippen LogP contribution in [0.5, 0.6) is 5.75 Å². The summed E-state index contributed by atoms with van der Waals surface area (Å²) in [4.78, 5) is 24.5. The van der Waals surface area contributed by atoms with Crippen LogP contribution in [-0.2, 0) is 9.59 Å². The molecule has 164 valence electrons. The molecule has 0 atom stereocenters. The highest BCUT2D eigenvalue weighted by molar-refractivity contribution is 6.32. The van der Waals surface area contributed by atoms with E-state index in [4.69, 9.17) is 16.3 Å². The number of aryl methyl sites for hydroxylation is 2. The predicted molar refractivity (Wildman–Crippen MR) is 118 cm³/mol. The summed E-state index contributed by atoms with van der Waals surface area (Å²) in [6.45, 7) is 4.63. The van der Waals surface area contributed by atoms with Gasteiger partial charge in [-0.25, -0.2) is 0 Å². The summed E-state index contributed by atoms with van der Waals surface area (Å²) >= 11 is 6.15. The van der Waals surface area contributed by atoms with Crippen molar-refractivity contribution in [3.05, 3.63) is 28.3 Å². The van der Waals surface area contributed by atoms with Crippen molar-refractivity contribution in [3.8, 4) is 5.75 Å². The minimum atomic E-state index is -0.199. The molecule has 2 amide bonds. The summed E-state index contributed by atoms with van der Waals surface area (Å²) in [6, 6.07) is 3.65. The minimum absolute atomic E-state index is 0.0538. The fourth-order valence-electron chi connectivity index (χ4n) is 6.50. The highest BCUT2D eigenvalue weighted by Gasteiger charge is 2.51. The number of carbonyl (C=O) groups excluding carboxylic acids is 2. The van der Waals surface area contributed by atoms with Crippen LogP contribution in [0.2, 0.25) is 5.02 Å². The fraction of sp³-hybridized carbons (Fsp3) is 0.667. The second kappa shape index (κ2) is 8.78. The third kappa shape index (κ3) is 4.93. The van der Waals surface area contributed by atoms with Crippen LogP contribution in [0.3, 0.4) is 0 Å². The molecular formula is C24H33ClN2O3.